The molecular formula is C19H15Cl2N3O2. The van der Waals surface area contributed by atoms with Crippen molar-refractivity contribution in [3.8, 4) is 11.5 Å². The predicted molar refractivity (Wildman–Crippen MR) is 104 cm³/mol. The van der Waals surface area contributed by atoms with Crippen LogP contribution in [0, 0.1) is 0 Å². The zero-order valence-corrected chi connectivity index (χ0v) is 15.3. The topological polar surface area (TPSA) is 56.2 Å². The minimum absolute atomic E-state index is 0.308. The molecule has 0 saturated carbocycles. The van der Waals surface area contributed by atoms with Crippen molar-refractivity contribution in [2.45, 2.75) is 0 Å². The molecule has 1 amide bonds. The van der Waals surface area contributed by atoms with Gasteiger partial charge in [-0.15, -0.1) is 0 Å². The molecule has 0 spiro atoms. The molecule has 0 aliphatic carbocycles. The SMILES string of the molecule is Cn1cc(/C=C/C(=O)Nc2cc(Cl)ccc2Oc2ccc(Cl)cc2)cn1. The Labute approximate surface area is 160 Å². The van der Waals surface area contributed by atoms with Gasteiger partial charge in [0.25, 0.3) is 0 Å². The van der Waals surface area contributed by atoms with Gasteiger partial charge in [-0.25, -0.2) is 0 Å². The molecule has 7 heteroatoms. The largest absolute Gasteiger partial charge is 0.455 e. The normalized spacial score (nSPS) is 10.9. The molecule has 3 rings (SSSR count). The second kappa shape index (κ2) is 8.08. The molecule has 0 bridgehead atoms. The molecule has 1 N–H and O–H groups in total. The molecule has 2 aromatic carbocycles. The summed E-state index contributed by atoms with van der Waals surface area (Å²) in [6.45, 7) is 0. The van der Waals surface area contributed by atoms with Crippen molar-refractivity contribution in [1.29, 1.82) is 0 Å². The van der Waals surface area contributed by atoms with Crippen molar-refractivity contribution in [3.63, 3.8) is 0 Å². The number of hydrogen-bond acceptors (Lipinski definition) is 3. The van der Waals surface area contributed by atoms with Crippen LogP contribution in [0.5, 0.6) is 11.5 Å². The van der Waals surface area contributed by atoms with E-state index in [0.717, 1.165) is 5.56 Å². The smallest absolute Gasteiger partial charge is 0.248 e. The van der Waals surface area contributed by atoms with Crippen LogP contribution >= 0.6 is 23.2 Å². The lowest BCUT2D eigenvalue weighted by Gasteiger charge is -2.12. The molecule has 3 aromatic rings. The second-order valence-electron chi connectivity index (χ2n) is 5.47. The van der Waals surface area contributed by atoms with Crippen molar-refractivity contribution >= 4 is 40.9 Å². The fourth-order valence-electron chi connectivity index (χ4n) is 2.19. The molecule has 0 aliphatic heterocycles. The monoisotopic (exact) mass is 387 g/mol. The number of amides is 1. The lowest BCUT2D eigenvalue weighted by Crippen LogP contribution is -2.08. The molecule has 0 fully saturated rings. The third-order valence-electron chi connectivity index (χ3n) is 3.39. The molecule has 1 aromatic heterocycles. The van der Waals surface area contributed by atoms with Gasteiger partial charge in [0.15, 0.2) is 5.75 Å². The van der Waals surface area contributed by atoms with Gasteiger partial charge in [-0.2, -0.15) is 5.10 Å². The van der Waals surface area contributed by atoms with Gasteiger partial charge < -0.3 is 10.1 Å². The zero-order chi connectivity index (χ0) is 18.5. The van der Waals surface area contributed by atoms with Gasteiger partial charge in [0.2, 0.25) is 5.91 Å². The Balaban J connectivity index is 1.75. The van der Waals surface area contributed by atoms with E-state index in [9.17, 15) is 4.79 Å². The van der Waals surface area contributed by atoms with E-state index in [1.165, 1.54) is 6.08 Å². The number of rotatable bonds is 5. The summed E-state index contributed by atoms with van der Waals surface area (Å²) in [5, 5.41) is 7.92. The van der Waals surface area contributed by atoms with Crippen LogP contribution in [0.15, 0.2) is 60.9 Å². The van der Waals surface area contributed by atoms with Crippen LogP contribution < -0.4 is 10.1 Å². The minimum atomic E-state index is -0.308. The number of nitrogens with one attached hydrogen (secondary N) is 1. The van der Waals surface area contributed by atoms with Gasteiger partial charge in [0, 0.05) is 34.9 Å². The highest BCUT2D eigenvalue weighted by atomic mass is 35.5. The van der Waals surface area contributed by atoms with E-state index < -0.39 is 0 Å². The zero-order valence-electron chi connectivity index (χ0n) is 13.8. The Morgan fingerprint density at radius 3 is 2.58 bits per heavy atom. The number of ether oxygens (including phenoxy) is 1. The van der Waals surface area contributed by atoms with Crippen molar-refractivity contribution in [3.05, 3.63) is 76.5 Å². The Hall–Kier alpha value is -2.76. The third kappa shape index (κ3) is 4.88. The summed E-state index contributed by atoms with van der Waals surface area (Å²) in [4.78, 5) is 12.2. The van der Waals surface area contributed by atoms with Crippen molar-refractivity contribution in [2.24, 2.45) is 7.05 Å². The molecule has 0 aliphatic rings. The number of carbonyl (C=O) groups excluding carboxylic acids is 1. The van der Waals surface area contributed by atoms with E-state index >= 15 is 0 Å². The van der Waals surface area contributed by atoms with Gasteiger partial charge in [-0.1, -0.05) is 23.2 Å². The van der Waals surface area contributed by atoms with E-state index in [4.69, 9.17) is 27.9 Å². The van der Waals surface area contributed by atoms with E-state index in [1.54, 1.807) is 65.6 Å². The molecule has 5 nitrogen and oxygen atoms in total. The van der Waals surface area contributed by atoms with Crippen molar-refractivity contribution in [2.75, 3.05) is 5.32 Å². The summed E-state index contributed by atoms with van der Waals surface area (Å²) in [6.07, 6.45) is 6.56. The standard InChI is InChI=1S/C19H15Cl2N3O2/c1-24-12-13(11-22-24)2-9-19(25)23-17-10-15(21)5-8-18(17)26-16-6-3-14(20)4-7-16/h2-12H,1H3,(H,23,25)/b9-2+. The van der Waals surface area contributed by atoms with Crippen molar-refractivity contribution < 1.29 is 9.53 Å². The number of carbonyl (C=O) groups is 1. The number of anilines is 1. The van der Waals surface area contributed by atoms with Crippen LogP contribution in [0.4, 0.5) is 5.69 Å². The number of nitrogens with zero attached hydrogens (tertiary/aromatic N) is 2. The number of halogens is 2. The highest BCUT2D eigenvalue weighted by molar-refractivity contribution is 6.31. The van der Waals surface area contributed by atoms with Gasteiger partial charge in [-0.3, -0.25) is 9.48 Å². The fraction of sp³-hybridized carbons (Fsp3) is 0.0526. The molecule has 26 heavy (non-hydrogen) atoms. The molecule has 0 radical (unpaired) electrons. The Morgan fingerprint density at radius 1 is 1.15 bits per heavy atom. The first-order chi connectivity index (χ1) is 12.5. The summed E-state index contributed by atoms with van der Waals surface area (Å²) in [6, 6.07) is 11.9. The number of benzene rings is 2. The Morgan fingerprint density at radius 2 is 1.88 bits per heavy atom. The van der Waals surface area contributed by atoms with Gasteiger partial charge in [-0.05, 0) is 48.5 Å². The average molecular weight is 388 g/mol. The first kappa shape index (κ1) is 18.0. The van der Waals surface area contributed by atoms with E-state index in [2.05, 4.69) is 10.4 Å². The van der Waals surface area contributed by atoms with Crippen LogP contribution in [0.2, 0.25) is 10.0 Å². The van der Waals surface area contributed by atoms with E-state index in [0.29, 0.717) is 27.2 Å². The summed E-state index contributed by atoms with van der Waals surface area (Å²) in [5.41, 5.74) is 1.29. The van der Waals surface area contributed by atoms with Crippen molar-refractivity contribution in [1.82, 2.24) is 9.78 Å². The lowest BCUT2D eigenvalue weighted by molar-refractivity contribution is -0.111. The first-order valence-corrected chi connectivity index (χ1v) is 8.46. The summed E-state index contributed by atoms with van der Waals surface area (Å²) in [7, 11) is 1.81. The summed E-state index contributed by atoms with van der Waals surface area (Å²) in [5.74, 6) is 0.759. The fourth-order valence-corrected chi connectivity index (χ4v) is 2.49. The molecule has 0 atom stereocenters. The number of aryl methyl sites for hydroxylation is 1. The van der Waals surface area contributed by atoms with Crippen LogP contribution in [0.3, 0.4) is 0 Å². The van der Waals surface area contributed by atoms with Crippen LogP contribution in [-0.2, 0) is 11.8 Å². The van der Waals surface area contributed by atoms with Gasteiger partial charge in [0.1, 0.15) is 5.75 Å². The van der Waals surface area contributed by atoms with E-state index in [1.807, 2.05) is 7.05 Å². The second-order valence-corrected chi connectivity index (χ2v) is 6.34. The van der Waals surface area contributed by atoms with Crippen LogP contribution in [0.25, 0.3) is 6.08 Å². The molecular weight excluding hydrogens is 373 g/mol. The van der Waals surface area contributed by atoms with Gasteiger partial charge >= 0.3 is 0 Å². The predicted octanol–water partition coefficient (Wildman–Crippen LogP) is 5.17. The number of hydrogen-bond donors (Lipinski definition) is 1. The lowest BCUT2D eigenvalue weighted by atomic mass is 10.2. The minimum Gasteiger partial charge on any atom is -0.455 e. The maximum absolute atomic E-state index is 12.2. The van der Waals surface area contributed by atoms with Crippen LogP contribution in [0.1, 0.15) is 5.56 Å². The summed E-state index contributed by atoms with van der Waals surface area (Å²) >= 11 is 11.9. The average Bonchev–Trinajstić information content (AvgIpc) is 3.03. The molecule has 132 valence electrons. The van der Waals surface area contributed by atoms with Gasteiger partial charge in [0.05, 0.1) is 11.9 Å². The Bertz CT molecular complexity index is 950. The quantitative estimate of drug-likeness (QED) is 0.614. The first-order valence-electron chi connectivity index (χ1n) is 7.70. The molecule has 0 unspecified atom stereocenters. The number of aromatic nitrogens is 2. The highest BCUT2D eigenvalue weighted by Crippen LogP contribution is 2.32. The maximum Gasteiger partial charge on any atom is 0.248 e. The molecule has 0 saturated heterocycles. The summed E-state index contributed by atoms with van der Waals surface area (Å²) < 4.78 is 7.48. The Kier molecular flexibility index (Phi) is 5.61. The molecule has 1 heterocycles. The third-order valence-corrected chi connectivity index (χ3v) is 3.88. The van der Waals surface area contributed by atoms with E-state index in [-0.39, 0.29) is 5.91 Å². The van der Waals surface area contributed by atoms with Crippen LogP contribution in [-0.4, -0.2) is 15.7 Å². The highest BCUT2D eigenvalue weighted by Gasteiger charge is 2.09. The maximum atomic E-state index is 12.2.